The molecule has 0 aromatic heterocycles. The summed E-state index contributed by atoms with van der Waals surface area (Å²) in [5.74, 6) is 0. The summed E-state index contributed by atoms with van der Waals surface area (Å²) in [7, 11) is 3.16. The van der Waals surface area contributed by atoms with E-state index in [1.54, 1.807) is 7.05 Å². The normalized spacial score (nSPS) is 42.0. The zero-order chi connectivity index (χ0) is 9.14. The van der Waals surface area contributed by atoms with E-state index in [1.165, 1.54) is 7.11 Å². The molecule has 0 saturated carbocycles. The Labute approximate surface area is 71.3 Å². The summed E-state index contributed by atoms with van der Waals surface area (Å²) >= 11 is 0. The minimum atomic E-state index is -0.725. The maximum absolute atomic E-state index is 9.53. The third-order valence-electron chi connectivity index (χ3n) is 2.10. The van der Waals surface area contributed by atoms with Gasteiger partial charge >= 0.3 is 0 Å². The minimum Gasteiger partial charge on any atom is -0.394 e. The number of aliphatic hydroxyl groups is 2. The summed E-state index contributed by atoms with van der Waals surface area (Å²) in [5, 5.41) is 21.3. The van der Waals surface area contributed by atoms with Crippen LogP contribution in [0, 0.1) is 0 Å². The first kappa shape index (κ1) is 9.88. The van der Waals surface area contributed by atoms with Crippen LogP contribution in [-0.4, -0.2) is 55.5 Å². The van der Waals surface area contributed by atoms with Crippen molar-refractivity contribution in [2.45, 2.75) is 24.5 Å². The van der Waals surface area contributed by atoms with Gasteiger partial charge in [0, 0.05) is 7.11 Å². The number of aliphatic hydroxyl groups excluding tert-OH is 2. The van der Waals surface area contributed by atoms with E-state index < -0.39 is 18.5 Å². The van der Waals surface area contributed by atoms with Gasteiger partial charge in [0.2, 0.25) is 0 Å². The van der Waals surface area contributed by atoms with Crippen LogP contribution >= 0.6 is 0 Å². The molecule has 12 heavy (non-hydrogen) atoms. The van der Waals surface area contributed by atoms with E-state index in [0.717, 1.165) is 0 Å². The Morgan fingerprint density at radius 1 is 1.58 bits per heavy atom. The summed E-state index contributed by atoms with van der Waals surface area (Å²) in [5.41, 5.74) is 0. The Kier molecular flexibility index (Phi) is 3.42. The van der Waals surface area contributed by atoms with Gasteiger partial charge in [0.1, 0.15) is 12.2 Å². The van der Waals surface area contributed by atoms with Crippen LogP contribution in [0.2, 0.25) is 0 Å². The Morgan fingerprint density at radius 3 is 2.58 bits per heavy atom. The molecule has 1 aliphatic heterocycles. The molecule has 4 atom stereocenters. The molecule has 5 nitrogen and oxygen atoms in total. The molecule has 1 aliphatic rings. The average molecular weight is 177 g/mol. The standard InChI is InChI=1S/C7H15NO4/c1-8-5-4(3-9)12-7(11-2)6(5)10/h4-10H,3H2,1-2H3/t4-,5-,6-,7+/m1/s1. The predicted molar refractivity (Wildman–Crippen MR) is 41.6 cm³/mol. The van der Waals surface area contributed by atoms with Crippen LogP contribution in [0.4, 0.5) is 0 Å². The molecule has 3 N–H and O–H groups in total. The molecule has 1 rings (SSSR count). The second kappa shape index (κ2) is 4.15. The van der Waals surface area contributed by atoms with Crippen molar-refractivity contribution in [2.24, 2.45) is 0 Å². The average Bonchev–Trinajstić information content (AvgIpc) is 2.41. The lowest BCUT2D eigenvalue weighted by Crippen LogP contribution is -2.44. The molecule has 1 saturated heterocycles. The molecule has 5 heteroatoms. The number of rotatable bonds is 3. The van der Waals surface area contributed by atoms with Crippen LogP contribution < -0.4 is 5.32 Å². The van der Waals surface area contributed by atoms with Crippen molar-refractivity contribution in [1.29, 1.82) is 0 Å². The first-order chi connectivity index (χ1) is 5.74. The summed E-state index contributed by atoms with van der Waals surface area (Å²) < 4.78 is 10.1. The van der Waals surface area contributed by atoms with Gasteiger partial charge in [-0.1, -0.05) is 0 Å². The SMILES string of the molecule is CN[C@H]1[C@@H](O)[C@@H](OC)O[C@@H]1CO. The van der Waals surface area contributed by atoms with Crippen molar-refractivity contribution < 1.29 is 19.7 Å². The fourth-order valence-electron chi connectivity index (χ4n) is 1.43. The molecule has 0 unspecified atom stereocenters. The first-order valence-electron chi connectivity index (χ1n) is 3.89. The van der Waals surface area contributed by atoms with Crippen LogP contribution in [0.1, 0.15) is 0 Å². The zero-order valence-corrected chi connectivity index (χ0v) is 7.23. The van der Waals surface area contributed by atoms with Gasteiger partial charge in [-0.15, -0.1) is 0 Å². The van der Waals surface area contributed by atoms with Crippen molar-refractivity contribution in [2.75, 3.05) is 20.8 Å². The highest BCUT2D eigenvalue weighted by atomic mass is 16.7. The molecule has 1 fully saturated rings. The van der Waals surface area contributed by atoms with Crippen molar-refractivity contribution in [1.82, 2.24) is 5.32 Å². The van der Waals surface area contributed by atoms with Gasteiger partial charge in [0.05, 0.1) is 12.6 Å². The highest BCUT2D eigenvalue weighted by Gasteiger charge is 2.42. The van der Waals surface area contributed by atoms with Crippen molar-refractivity contribution in [3.63, 3.8) is 0 Å². The van der Waals surface area contributed by atoms with Crippen LogP contribution in [-0.2, 0) is 9.47 Å². The minimum absolute atomic E-state index is 0.123. The molecule has 0 aliphatic carbocycles. The Morgan fingerprint density at radius 2 is 2.25 bits per heavy atom. The maximum atomic E-state index is 9.53. The van der Waals surface area contributed by atoms with Gasteiger partial charge < -0.3 is 25.0 Å². The van der Waals surface area contributed by atoms with E-state index in [9.17, 15) is 5.11 Å². The van der Waals surface area contributed by atoms with E-state index >= 15 is 0 Å². The third kappa shape index (κ3) is 1.60. The van der Waals surface area contributed by atoms with E-state index in [4.69, 9.17) is 14.6 Å². The lowest BCUT2D eigenvalue weighted by atomic mass is 10.1. The fraction of sp³-hybridized carbons (Fsp3) is 1.00. The Hall–Kier alpha value is -0.200. The van der Waals surface area contributed by atoms with E-state index in [1.807, 2.05) is 0 Å². The quantitative estimate of drug-likeness (QED) is 0.479. The Balaban J connectivity index is 2.58. The third-order valence-corrected chi connectivity index (χ3v) is 2.10. The van der Waals surface area contributed by atoms with Crippen molar-refractivity contribution in [3.05, 3.63) is 0 Å². The summed E-state index contributed by atoms with van der Waals surface area (Å²) in [6, 6.07) is -0.264. The molecule has 1 heterocycles. The fourth-order valence-corrected chi connectivity index (χ4v) is 1.43. The van der Waals surface area contributed by atoms with Gasteiger partial charge in [0.15, 0.2) is 6.29 Å². The largest absolute Gasteiger partial charge is 0.394 e. The molecule has 0 amide bonds. The van der Waals surface area contributed by atoms with Gasteiger partial charge in [0.25, 0.3) is 0 Å². The monoisotopic (exact) mass is 177 g/mol. The van der Waals surface area contributed by atoms with Crippen LogP contribution in [0.25, 0.3) is 0 Å². The lowest BCUT2D eigenvalue weighted by Gasteiger charge is -2.16. The number of ether oxygens (including phenoxy) is 2. The smallest absolute Gasteiger partial charge is 0.185 e. The molecule has 72 valence electrons. The summed E-state index contributed by atoms with van der Waals surface area (Å²) in [6.45, 7) is -0.123. The lowest BCUT2D eigenvalue weighted by molar-refractivity contribution is -0.153. The molecular formula is C7H15NO4. The molecule has 0 bridgehead atoms. The van der Waals surface area contributed by atoms with E-state index in [0.29, 0.717) is 0 Å². The van der Waals surface area contributed by atoms with Gasteiger partial charge in [-0.25, -0.2) is 0 Å². The number of hydrogen-bond donors (Lipinski definition) is 3. The number of nitrogens with one attached hydrogen (secondary N) is 1. The van der Waals surface area contributed by atoms with Gasteiger partial charge in [-0.2, -0.15) is 0 Å². The number of hydrogen-bond acceptors (Lipinski definition) is 5. The van der Waals surface area contributed by atoms with Crippen molar-refractivity contribution >= 4 is 0 Å². The molecule has 0 aromatic carbocycles. The number of methoxy groups -OCH3 is 1. The second-order valence-corrected chi connectivity index (χ2v) is 2.77. The van der Waals surface area contributed by atoms with E-state index in [2.05, 4.69) is 5.32 Å². The first-order valence-corrected chi connectivity index (χ1v) is 3.89. The van der Waals surface area contributed by atoms with Gasteiger partial charge in [-0.05, 0) is 7.05 Å². The van der Waals surface area contributed by atoms with E-state index in [-0.39, 0.29) is 12.6 Å². The topological polar surface area (TPSA) is 71.0 Å². The Bertz CT molecular complexity index is 141. The maximum Gasteiger partial charge on any atom is 0.185 e. The zero-order valence-electron chi connectivity index (χ0n) is 7.23. The predicted octanol–water partition coefficient (Wildman–Crippen LogP) is -1.70. The highest BCUT2D eigenvalue weighted by molar-refractivity contribution is 4.91. The van der Waals surface area contributed by atoms with Gasteiger partial charge in [-0.3, -0.25) is 0 Å². The molecule has 0 radical (unpaired) electrons. The summed E-state index contributed by atoms with van der Waals surface area (Å²) in [4.78, 5) is 0. The van der Waals surface area contributed by atoms with Crippen LogP contribution in [0.15, 0.2) is 0 Å². The number of likely N-dealkylation sites (N-methyl/N-ethyl adjacent to an activating group) is 1. The van der Waals surface area contributed by atoms with Crippen molar-refractivity contribution in [3.8, 4) is 0 Å². The second-order valence-electron chi connectivity index (χ2n) is 2.77. The molecule has 0 aromatic rings. The summed E-state index contributed by atoms with van der Waals surface area (Å²) in [6.07, 6.45) is -1.76. The van der Waals surface area contributed by atoms with Crippen LogP contribution in [0.3, 0.4) is 0 Å². The molecular weight excluding hydrogens is 162 g/mol. The molecule has 0 spiro atoms. The van der Waals surface area contributed by atoms with Crippen LogP contribution in [0.5, 0.6) is 0 Å². The highest BCUT2D eigenvalue weighted by Crippen LogP contribution is 2.20.